The second-order valence-electron chi connectivity index (χ2n) is 13.8. The van der Waals surface area contributed by atoms with Gasteiger partial charge in [0.1, 0.15) is 48.5 Å². The van der Waals surface area contributed by atoms with Gasteiger partial charge in [-0.25, -0.2) is 14.4 Å². The Hall–Kier alpha value is -1.10. The van der Waals surface area contributed by atoms with E-state index in [0.717, 1.165) is 0 Å². The molecular formula is C28H38Cl9N3O11. The van der Waals surface area contributed by atoms with E-state index >= 15 is 0 Å². The van der Waals surface area contributed by atoms with Crippen molar-refractivity contribution in [2.75, 3.05) is 26.4 Å². The fourth-order valence-corrected chi connectivity index (χ4v) is 3.52. The number of nitrogens with one attached hydrogen (secondary N) is 3. The highest BCUT2D eigenvalue weighted by atomic mass is 35.6. The van der Waals surface area contributed by atoms with Crippen LogP contribution in [-0.2, 0) is 52.5 Å². The molecule has 0 spiro atoms. The molecule has 3 N–H and O–H groups in total. The summed E-state index contributed by atoms with van der Waals surface area (Å²) in [4.78, 5) is 89.4. The molecule has 0 aromatic carbocycles. The van der Waals surface area contributed by atoms with Crippen LogP contribution in [0.4, 0.5) is 0 Å². The van der Waals surface area contributed by atoms with Gasteiger partial charge in [0.25, 0.3) is 29.1 Å². The van der Waals surface area contributed by atoms with Crippen LogP contribution < -0.4 is 16.0 Å². The second-order valence-corrected chi connectivity index (χ2v) is 20.6. The number of esters is 4. The van der Waals surface area contributed by atoms with Gasteiger partial charge in [-0.3, -0.25) is 19.2 Å². The summed E-state index contributed by atoms with van der Waals surface area (Å²) >= 11 is 50.4. The van der Waals surface area contributed by atoms with Crippen molar-refractivity contribution < 1.29 is 52.5 Å². The van der Waals surface area contributed by atoms with Gasteiger partial charge in [-0.1, -0.05) is 104 Å². The topological polar surface area (TPSA) is 192 Å². The number of ether oxygens (including phenoxy) is 4. The Morgan fingerprint density at radius 1 is 0.392 bits per heavy atom. The van der Waals surface area contributed by atoms with E-state index in [0.29, 0.717) is 0 Å². The molecule has 0 fully saturated rings. The van der Waals surface area contributed by atoms with Crippen LogP contribution in [0.15, 0.2) is 0 Å². The van der Waals surface area contributed by atoms with E-state index in [-0.39, 0.29) is 0 Å². The number of hydrogen-bond acceptors (Lipinski definition) is 11. The van der Waals surface area contributed by atoms with Crippen LogP contribution in [0.1, 0.15) is 62.3 Å². The average Bonchev–Trinajstić information content (AvgIpc) is 2.92. The number of alkyl halides is 9. The van der Waals surface area contributed by atoms with Crippen molar-refractivity contribution in [3.8, 4) is 0 Å². The van der Waals surface area contributed by atoms with Crippen LogP contribution in [0, 0.1) is 10.8 Å². The van der Waals surface area contributed by atoms with Crippen molar-refractivity contribution in [1.82, 2.24) is 16.0 Å². The standard InChI is InChI=1S/C28H38Cl9N3O11/c1-21(2,3)17(44)48-10-25(11-49-18(45)22(4,5)38-14(41)26(29,30)31,12-50-19(46)23(6,7)39-15(42)27(32,33)34)13-51-20(47)24(8,9)40-16(43)28(35,36)37/h10-13H2,1-9H3,(H,38,41)(H,39,42)(H,40,43). The number of carbonyl (C=O) groups excluding carboxylic acids is 7. The molecule has 0 unspecified atom stereocenters. The quantitative estimate of drug-likeness (QED) is 0.121. The normalized spacial score (nSPS) is 13.4. The Morgan fingerprint density at radius 3 is 0.765 bits per heavy atom. The lowest BCUT2D eigenvalue weighted by Crippen LogP contribution is -2.57. The van der Waals surface area contributed by atoms with Crippen molar-refractivity contribution in [1.29, 1.82) is 0 Å². The van der Waals surface area contributed by atoms with Crippen LogP contribution in [0.3, 0.4) is 0 Å². The van der Waals surface area contributed by atoms with E-state index in [1.165, 1.54) is 62.3 Å². The zero-order valence-corrected chi connectivity index (χ0v) is 35.5. The van der Waals surface area contributed by atoms with Gasteiger partial charge < -0.3 is 34.9 Å². The minimum Gasteiger partial charge on any atom is -0.464 e. The summed E-state index contributed by atoms with van der Waals surface area (Å²) in [6.45, 7) is 8.57. The largest absolute Gasteiger partial charge is 0.464 e. The summed E-state index contributed by atoms with van der Waals surface area (Å²) < 4.78 is 14.5. The van der Waals surface area contributed by atoms with E-state index in [1.807, 2.05) is 0 Å². The van der Waals surface area contributed by atoms with Gasteiger partial charge in [0.15, 0.2) is 0 Å². The summed E-state index contributed by atoms with van der Waals surface area (Å²) in [6.07, 6.45) is 0. The Morgan fingerprint density at radius 2 is 0.588 bits per heavy atom. The monoisotopic (exact) mass is 907 g/mol. The first-order chi connectivity index (χ1) is 22.4. The van der Waals surface area contributed by atoms with E-state index in [1.54, 1.807) is 0 Å². The van der Waals surface area contributed by atoms with Crippen molar-refractivity contribution >= 4 is 146 Å². The molecule has 294 valence electrons. The summed E-state index contributed by atoms with van der Waals surface area (Å²) in [5.41, 5.74) is -8.56. The van der Waals surface area contributed by atoms with Crippen LogP contribution in [0.25, 0.3) is 0 Å². The van der Waals surface area contributed by atoms with Gasteiger partial charge in [0.2, 0.25) is 0 Å². The van der Waals surface area contributed by atoms with E-state index in [4.69, 9.17) is 123 Å². The number of amides is 3. The Kier molecular flexibility index (Phi) is 17.6. The van der Waals surface area contributed by atoms with Crippen LogP contribution in [0.2, 0.25) is 0 Å². The maximum atomic E-state index is 13.2. The zero-order valence-electron chi connectivity index (χ0n) is 28.7. The molecule has 23 heteroatoms. The van der Waals surface area contributed by atoms with E-state index in [2.05, 4.69) is 16.0 Å². The highest BCUT2D eigenvalue weighted by Gasteiger charge is 2.46. The third-order valence-electron chi connectivity index (χ3n) is 6.23. The first kappa shape index (κ1) is 49.9. The molecule has 0 radical (unpaired) electrons. The first-order valence-corrected chi connectivity index (χ1v) is 17.7. The predicted octanol–water partition coefficient (Wildman–Crippen LogP) is 4.99. The second kappa shape index (κ2) is 18.0. The molecule has 0 aliphatic carbocycles. The highest BCUT2D eigenvalue weighted by molar-refractivity contribution is 6.77. The molecular weight excluding hydrogens is 873 g/mol. The number of halogens is 9. The molecule has 0 heterocycles. The van der Waals surface area contributed by atoms with Crippen molar-refractivity contribution in [3.05, 3.63) is 0 Å². The van der Waals surface area contributed by atoms with E-state index in [9.17, 15) is 33.6 Å². The molecule has 0 saturated carbocycles. The highest BCUT2D eigenvalue weighted by Crippen LogP contribution is 2.31. The van der Waals surface area contributed by atoms with E-state index < -0.39 is 107 Å². The number of carbonyl (C=O) groups is 7. The summed E-state index contributed by atoms with van der Waals surface area (Å²) in [5, 5.41) is 6.58. The maximum absolute atomic E-state index is 13.2. The third-order valence-corrected chi connectivity index (χ3v) is 7.78. The van der Waals surface area contributed by atoms with Gasteiger partial charge in [0, 0.05) is 0 Å². The minimum absolute atomic E-state index is 0.736. The molecule has 0 atom stereocenters. The number of rotatable bonds is 14. The Balaban J connectivity index is 6.81. The summed E-state index contributed by atoms with van der Waals surface area (Å²) in [6, 6.07) is 0. The smallest absolute Gasteiger partial charge is 0.331 e. The van der Waals surface area contributed by atoms with Crippen molar-refractivity contribution in [3.63, 3.8) is 0 Å². The van der Waals surface area contributed by atoms with Crippen LogP contribution >= 0.6 is 104 Å². The van der Waals surface area contributed by atoms with Gasteiger partial charge in [-0.2, -0.15) is 0 Å². The molecule has 51 heavy (non-hydrogen) atoms. The van der Waals surface area contributed by atoms with Crippen LogP contribution in [0.5, 0.6) is 0 Å². The minimum atomic E-state index is -2.46. The molecule has 0 aromatic heterocycles. The van der Waals surface area contributed by atoms with Crippen molar-refractivity contribution in [2.24, 2.45) is 10.8 Å². The number of hydrogen-bond donors (Lipinski definition) is 3. The Bertz CT molecular complexity index is 1210. The molecule has 0 aliphatic rings. The third kappa shape index (κ3) is 16.8. The molecule has 0 aromatic rings. The molecule has 14 nitrogen and oxygen atoms in total. The fourth-order valence-electron chi connectivity index (χ4n) is 3.10. The van der Waals surface area contributed by atoms with Gasteiger partial charge >= 0.3 is 23.9 Å². The summed E-state index contributed by atoms with van der Waals surface area (Å²) in [5.74, 6) is -7.74. The lowest BCUT2D eigenvalue weighted by atomic mass is 9.91. The van der Waals surface area contributed by atoms with Crippen molar-refractivity contribution in [2.45, 2.75) is 90.3 Å². The summed E-state index contributed by atoms with van der Waals surface area (Å²) in [7, 11) is 0. The molecule has 3 amide bonds. The molecule has 0 bridgehead atoms. The molecule has 0 aliphatic heterocycles. The fraction of sp³-hybridized carbons (Fsp3) is 0.750. The Labute approximate surface area is 340 Å². The maximum Gasteiger partial charge on any atom is 0.331 e. The zero-order chi connectivity index (χ0) is 40.8. The SMILES string of the molecule is CC(C)(C)C(=O)OCC(COC(=O)C(C)(C)NC(=O)C(Cl)(Cl)Cl)(COC(=O)C(C)(C)NC(=O)C(Cl)(Cl)Cl)COC(=O)C(C)(C)NC(=O)C(Cl)(Cl)Cl. The van der Waals surface area contributed by atoms with Gasteiger partial charge in [-0.05, 0) is 62.3 Å². The molecule has 0 rings (SSSR count). The van der Waals surface area contributed by atoms with Crippen LogP contribution in [-0.4, -0.2) is 96.0 Å². The van der Waals surface area contributed by atoms with Gasteiger partial charge in [-0.15, -0.1) is 0 Å². The molecule has 0 saturated heterocycles. The lowest BCUT2D eigenvalue weighted by molar-refractivity contribution is -0.180. The predicted molar refractivity (Wildman–Crippen MR) is 193 cm³/mol. The lowest BCUT2D eigenvalue weighted by Gasteiger charge is -2.36. The first-order valence-electron chi connectivity index (χ1n) is 14.3. The van der Waals surface area contributed by atoms with Gasteiger partial charge in [0.05, 0.1) is 5.41 Å². The average molecular weight is 912 g/mol.